The monoisotopic (exact) mass is 319 g/mol. The number of aryl methyl sites for hydroxylation is 1. The van der Waals surface area contributed by atoms with E-state index in [-0.39, 0.29) is 12.0 Å². The van der Waals surface area contributed by atoms with Crippen LogP contribution in [-0.2, 0) is 9.53 Å². The highest BCUT2D eigenvalue weighted by atomic mass is 16.6. The van der Waals surface area contributed by atoms with Crippen LogP contribution >= 0.6 is 0 Å². The zero-order chi connectivity index (χ0) is 17.2. The minimum atomic E-state index is -0.804. The van der Waals surface area contributed by atoms with Crippen LogP contribution in [0.4, 0.5) is 4.79 Å². The molecule has 1 aliphatic heterocycles. The van der Waals surface area contributed by atoms with E-state index in [1.54, 1.807) is 4.90 Å². The predicted molar refractivity (Wildman–Crippen MR) is 87.5 cm³/mol. The molecule has 0 aliphatic carbocycles. The van der Waals surface area contributed by atoms with Crippen LogP contribution in [0.3, 0.4) is 0 Å². The molecule has 126 valence electrons. The van der Waals surface area contributed by atoms with E-state index in [4.69, 9.17) is 4.74 Å². The van der Waals surface area contributed by atoms with Crippen molar-refractivity contribution in [1.82, 2.24) is 4.90 Å². The molecule has 0 bridgehead atoms. The smallest absolute Gasteiger partial charge is 0.410 e. The van der Waals surface area contributed by atoms with Crippen molar-refractivity contribution >= 4 is 12.1 Å². The second-order valence-electron chi connectivity index (χ2n) is 7.12. The topological polar surface area (TPSA) is 66.8 Å². The Morgan fingerprint density at radius 2 is 1.91 bits per heavy atom. The van der Waals surface area contributed by atoms with Gasteiger partial charge < -0.3 is 14.7 Å². The van der Waals surface area contributed by atoms with Crippen LogP contribution in [0.1, 0.15) is 44.2 Å². The van der Waals surface area contributed by atoms with Gasteiger partial charge in [-0.05, 0) is 45.2 Å². The molecule has 1 aromatic carbocycles. The second-order valence-corrected chi connectivity index (χ2v) is 7.12. The summed E-state index contributed by atoms with van der Waals surface area (Å²) >= 11 is 0. The molecule has 0 radical (unpaired) electrons. The fourth-order valence-electron chi connectivity index (χ4n) is 3.06. The first kappa shape index (κ1) is 17.3. The molecule has 1 aliphatic rings. The number of carboxylic acids is 1. The van der Waals surface area contributed by atoms with Gasteiger partial charge in [0.15, 0.2) is 0 Å². The molecule has 1 amide bonds. The van der Waals surface area contributed by atoms with Gasteiger partial charge in [0, 0.05) is 19.0 Å². The number of nitrogens with zero attached hydrogens (tertiary/aromatic N) is 1. The molecule has 0 unspecified atom stereocenters. The van der Waals surface area contributed by atoms with E-state index in [0.717, 1.165) is 11.1 Å². The first-order valence-corrected chi connectivity index (χ1v) is 7.95. The number of hydrogen-bond donors (Lipinski definition) is 1. The maximum absolute atomic E-state index is 12.3. The average Bonchev–Trinajstić information content (AvgIpc) is 2.45. The van der Waals surface area contributed by atoms with Crippen molar-refractivity contribution in [2.24, 2.45) is 5.92 Å². The molecule has 1 aromatic rings. The SMILES string of the molecule is Cc1ccccc1[C@@H]1CN(C(=O)OC(C)(C)C)CC[C@H]1C(=O)O. The fraction of sp³-hybridized carbons (Fsp3) is 0.556. The zero-order valence-electron chi connectivity index (χ0n) is 14.2. The number of ether oxygens (including phenoxy) is 1. The van der Waals surface area contributed by atoms with Gasteiger partial charge in [0.05, 0.1) is 5.92 Å². The Balaban J connectivity index is 2.23. The van der Waals surface area contributed by atoms with Crippen molar-refractivity contribution in [1.29, 1.82) is 0 Å². The van der Waals surface area contributed by atoms with E-state index in [1.807, 2.05) is 52.0 Å². The molecule has 0 aromatic heterocycles. The van der Waals surface area contributed by atoms with Crippen LogP contribution in [0.5, 0.6) is 0 Å². The van der Waals surface area contributed by atoms with Gasteiger partial charge in [0.2, 0.25) is 0 Å². The number of hydrogen-bond acceptors (Lipinski definition) is 3. The van der Waals surface area contributed by atoms with Crippen molar-refractivity contribution in [2.75, 3.05) is 13.1 Å². The number of aliphatic carboxylic acids is 1. The lowest BCUT2D eigenvalue weighted by Crippen LogP contribution is -2.46. The Morgan fingerprint density at radius 1 is 1.26 bits per heavy atom. The minimum Gasteiger partial charge on any atom is -0.481 e. The lowest BCUT2D eigenvalue weighted by atomic mass is 9.79. The summed E-state index contributed by atoms with van der Waals surface area (Å²) in [5.41, 5.74) is 1.49. The molecule has 0 spiro atoms. The van der Waals surface area contributed by atoms with Gasteiger partial charge in [-0.3, -0.25) is 4.79 Å². The number of piperidine rings is 1. The maximum atomic E-state index is 12.3. The molecular weight excluding hydrogens is 294 g/mol. The van der Waals surface area contributed by atoms with Crippen LogP contribution < -0.4 is 0 Å². The normalized spacial score (nSPS) is 21.8. The Hall–Kier alpha value is -2.04. The highest BCUT2D eigenvalue weighted by molar-refractivity contribution is 5.73. The van der Waals surface area contributed by atoms with Crippen molar-refractivity contribution in [3.05, 3.63) is 35.4 Å². The van der Waals surface area contributed by atoms with E-state index < -0.39 is 17.5 Å². The molecule has 2 rings (SSSR count). The summed E-state index contributed by atoms with van der Waals surface area (Å²) < 4.78 is 5.43. The van der Waals surface area contributed by atoms with Gasteiger partial charge in [-0.15, -0.1) is 0 Å². The molecule has 5 heteroatoms. The zero-order valence-corrected chi connectivity index (χ0v) is 14.2. The highest BCUT2D eigenvalue weighted by Gasteiger charge is 2.38. The molecule has 1 heterocycles. The van der Waals surface area contributed by atoms with Crippen LogP contribution in [0.15, 0.2) is 24.3 Å². The van der Waals surface area contributed by atoms with E-state index in [1.165, 1.54) is 0 Å². The quantitative estimate of drug-likeness (QED) is 0.907. The van der Waals surface area contributed by atoms with Crippen molar-refractivity contribution < 1.29 is 19.4 Å². The molecule has 5 nitrogen and oxygen atoms in total. The van der Waals surface area contributed by atoms with Crippen LogP contribution in [-0.4, -0.2) is 40.8 Å². The van der Waals surface area contributed by atoms with Gasteiger partial charge in [-0.25, -0.2) is 4.79 Å². The average molecular weight is 319 g/mol. The minimum absolute atomic E-state index is 0.213. The standard InChI is InChI=1S/C18H25NO4/c1-12-7-5-6-8-13(12)15-11-19(10-9-14(15)16(20)21)17(22)23-18(2,3)4/h5-8,14-15H,9-11H2,1-4H3,(H,20,21)/t14-,15+/m1/s1. The molecule has 1 saturated heterocycles. The number of rotatable bonds is 2. The van der Waals surface area contributed by atoms with Crippen LogP contribution in [0, 0.1) is 12.8 Å². The van der Waals surface area contributed by atoms with E-state index in [9.17, 15) is 14.7 Å². The molecule has 1 fully saturated rings. The van der Waals surface area contributed by atoms with E-state index in [0.29, 0.717) is 19.5 Å². The Kier molecular flexibility index (Phi) is 4.97. The third-order valence-electron chi connectivity index (χ3n) is 4.17. The summed E-state index contributed by atoms with van der Waals surface area (Å²) in [6.45, 7) is 8.24. The fourth-order valence-corrected chi connectivity index (χ4v) is 3.06. The Morgan fingerprint density at radius 3 is 2.48 bits per heavy atom. The second kappa shape index (κ2) is 6.60. The number of amides is 1. The number of carbonyl (C=O) groups is 2. The maximum Gasteiger partial charge on any atom is 0.410 e. The third-order valence-corrected chi connectivity index (χ3v) is 4.17. The third kappa shape index (κ3) is 4.24. The molecule has 2 atom stereocenters. The number of carbonyl (C=O) groups excluding carboxylic acids is 1. The van der Waals surface area contributed by atoms with Crippen molar-refractivity contribution in [2.45, 2.75) is 45.6 Å². The first-order valence-electron chi connectivity index (χ1n) is 7.95. The number of carboxylic acid groups (broad SMARTS) is 1. The first-order chi connectivity index (χ1) is 10.7. The summed E-state index contributed by atoms with van der Waals surface area (Å²) in [5.74, 6) is -1.49. The Labute approximate surface area is 137 Å². The van der Waals surface area contributed by atoms with Gasteiger partial charge in [0.25, 0.3) is 0 Å². The highest BCUT2D eigenvalue weighted by Crippen LogP contribution is 2.34. The van der Waals surface area contributed by atoms with E-state index >= 15 is 0 Å². The van der Waals surface area contributed by atoms with Gasteiger partial charge in [0.1, 0.15) is 5.60 Å². The van der Waals surface area contributed by atoms with Crippen molar-refractivity contribution in [3.8, 4) is 0 Å². The van der Waals surface area contributed by atoms with Crippen LogP contribution in [0.2, 0.25) is 0 Å². The predicted octanol–water partition coefficient (Wildman–Crippen LogP) is 3.42. The van der Waals surface area contributed by atoms with Gasteiger partial charge in [-0.2, -0.15) is 0 Å². The van der Waals surface area contributed by atoms with Crippen LogP contribution in [0.25, 0.3) is 0 Å². The summed E-state index contributed by atoms with van der Waals surface area (Å²) in [4.78, 5) is 25.6. The summed E-state index contributed by atoms with van der Waals surface area (Å²) in [5, 5.41) is 9.54. The number of likely N-dealkylation sites (tertiary alicyclic amines) is 1. The summed E-state index contributed by atoms with van der Waals surface area (Å²) in [6, 6.07) is 7.77. The number of benzene rings is 1. The Bertz CT molecular complexity index is 591. The molecule has 23 heavy (non-hydrogen) atoms. The van der Waals surface area contributed by atoms with E-state index in [2.05, 4.69) is 0 Å². The summed E-state index contributed by atoms with van der Waals surface area (Å²) in [7, 11) is 0. The van der Waals surface area contributed by atoms with Gasteiger partial charge in [-0.1, -0.05) is 24.3 Å². The lowest BCUT2D eigenvalue weighted by Gasteiger charge is -2.38. The molecular formula is C18H25NO4. The molecule has 1 N–H and O–H groups in total. The van der Waals surface area contributed by atoms with Gasteiger partial charge >= 0.3 is 12.1 Å². The lowest BCUT2D eigenvalue weighted by molar-refractivity contribution is -0.144. The van der Waals surface area contributed by atoms with Crippen molar-refractivity contribution in [3.63, 3.8) is 0 Å². The largest absolute Gasteiger partial charge is 0.481 e. The summed E-state index contributed by atoms with van der Waals surface area (Å²) in [6.07, 6.45) is 0.0630. The molecule has 0 saturated carbocycles.